The summed E-state index contributed by atoms with van der Waals surface area (Å²) in [7, 11) is 0. The molecule has 0 fully saturated rings. The van der Waals surface area contributed by atoms with Gasteiger partial charge in [-0.05, 0) is 24.3 Å². The third kappa shape index (κ3) is 3.71. The first-order valence-corrected chi connectivity index (χ1v) is 5.78. The molecule has 19 heavy (non-hydrogen) atoms. The van der Waals surface area contributed by atoms with Crippen LogP contribution in [-0.4, -0.2) is 39.6 Å². The Kier molecular flexibility index (Phi) is 5.37. The summed E-state index contributed by atoms with van der Waals surface area (Å²) >= 11 is 5.70. The molecule has 0 saturated carbocycles. The van der Waals surface area contributed by atoms with Crippen molar-refractivity contribution in [2.75, 3.05) is 6.61 Å². The summed E-state index contributed by atoms with van der Waals surface area (Å²) in [5.74, 6) is -1.89. The number of nitrogens with zero attached hydrogens (tertiary/aromatic N) is 1. The highest BCUT2D eigenvalue weighted by molar-refractivity contribution is 6.30. The van der Waals surface area contributed by atoms with E-state index in [-0.39, 0.29) is 18.6 Å². The Morgan fingerprint density at radius 1 is 1.37 bits per heavy atom. The normalized spacial score (nSPS) is 11.4. The number of rotatable bonds is 5. The molecular weight excluding hydrogens is 270 g/mol. The lowest BCUT2D eigenvalue weighted by molar-refractivity contribution is -0.141. The van der Waals surface area contributed by atoms with E-state index in [2.05, 4.69) is 0 Å². The number of amides is 1. The smallest absolute Gasteiger partial charge is 0.327 e. The molecule has 100 valence electrons. The van der Waals surface area contributed by atoms with Gasteiger partial charge in [-0.15, -0.1) is 0 Å². The van der Waals surface area contributed by atoms with Crippen LogP contribution in [0.15, 0.2) is 24.3 Å². The van der Waals surface area contributed by atoms with Gasteiger partial charge in [0.25, 0.3) is 5.91 Å². The van der Waals surface area contributed by atoms with Crippen molar-refractivity contribution in [3.63, 3.8) is 0 Å². The molecule has 1 unspecified atom stereocenters. The van der Waals surface area contributed by atoms with E-state index in [4.69, 9.17) is 28.2 Å². The molecule has 0 aliphatic carbocycles. The minimum Gasteiger partial charge on any atom is -0.480 e. The van der Waals surface area contributed by atoms with E-state index < -0.39 is 17.9 Å². The average molecular weight is 282 g/mol. The van der Waals surface area contributed by atoms with E-state index in [0.717, 1.165) is 4.90 Å². The van der Waals surface area contributed by atoms with E-state index in [1.165, 1.54) is 24.3 Å². The van der Waals surface area contributed by atoms with Crippen molar-refractivity contribution in [2.24, 2.45) is 0 Å². The zero-order valence-electron chi connectivity index (χ0n) is 9.91. The Labute approximate surface area is 115 Å². The van der Waals surface area contributed by atoms with Crippen molar-refractivity contribution >= 4 is 23.5 Å². The van der Waals surface area contributed by atoms with Gasteiger partial charge in [-0.1, -0.05) is 18.0 Å². The summed E-state index contributed by atoms with van der Waals surface area (Å²) in [6.45, 7) is -0.386. The average Bonchev–Trinajstić information content (AvgIpc) is 2.39. The van der Waals surface area contributed by atoms with Crippen molar-refractivity contribution in [3.8, 4) is 12.5 Å². The number of carbonyl (C=O) groups excluding carboxylic acids is 1. The lowest BCUT2D eigenvalue weighted by atomic mass is 10.1. The second-order valence-corrected chi connectivity index (χ2v) is 4.11. The standard InChI is InChI=1S/C13H12ClNO4/c1-2-15(11(7-8-16)13(18)19)12(17)9-3-5-10(14)6-4-9/h1,3-6,11,16H,7-8H2,(H,18,19). The van der Waals surface area contributed by atoms with Crippen LogP contribution in [0.1, 0.15) is 16.8 Å². The zero-order chi connectivity index (χ0) is 14.4. The van der Waals surface area contributed by atoms with Crippen molar-refractivity contribution in [1.82, 2.24) is 4.90 Å². The number of hydrogen-bond acceptors (Lipinski definition) is 3. The van der Waals surface area contributed by atoms with Gasteiger partial charge in [-0.25, -0.2) is 4.79 Å². The van der Waals surface area contributed by atoms with E-state index in [0.29, 0.717) is 5.02 Å². The van der Waals surface area contributed by atoms with Crippen molar-refractivity contribution in [1.29, 1.82) is 0 Å². The molecule has 0 bridgehead atoms. The van der Waals surface area contributed by atoms with Crippen LogP contribution >= 0.6 is 11.6 Å². The molecule has 0 aromatic heterocycles. The van der Waals surface area contributed by atoms with Crippen LogP contribution in [0.3, 0.4) is 0 Å². The van der Waals surface area contributed by atoms with Gasteiger partial charge in [0.2, 0.25) is 0 Å². The van der Waals surface area contributed by atoms with Crippen LogP contribution < -0.4 is 0 Å². The predicted molar refractivity (Wildman–Crippen MR) is 69.6 cm³/mol. The molecule has 1 atom stereocenters. The third-order valence-corrected chi connectivity index (χ3v) is 2.70. The van der Waals surface area contributed by atoms with E-state index in [1.54, 1.807) is 0 Å². The van der Waals surface area contributed by atoms with Crippen LogP contribution in [0.25, 0.3) is 0 Å². The van der Waals surface area contributed by atoms with Gasteiger partial charge in [0.05, 0.1) is 0 Å². The van der Waals surface area contributed by atoms with Crippen LogP contribution in [0.5, 0.6) is 0 Å². The first kappa shape index (κ1) is 15.0. The van der Waals surface area contributed by atoms with Crippen molar-refractivity contribution in [3.05, 3.63) is 34.9 Å². The van der Waals surface area contributed by atoms with Crippen LogP contribution in [0.2, 0.25) is 5.02 Å². The summed E-state index contributed by atoms with van der Waals surface area (Å²) in [4.78, 5) is 23.9. The number of aliphatic carboxylic acids is 1. The molecule has 1 rings (SSSR count). The quantitative estimate of drug-likeness (QED) is 0.628. The summed E-state index contributed by atoms with van der Waals surface area (Å²) in [6.07, 6.45) is 5.05. The molecular formula is C13H12ClNO4. The fourth-order valence-corrected chi connectivity index (χ4v) is 1.63. The number of aliphatic hydroxyl groups is 1. The topological polar surface area (TPSA) is 77.8 Å². The van der Waals surface area contributed by atoms with Gasteiger partial charge in [0.15, 0.2) is 0 Å². The lowest BCUT2D eigenvalue weighted by Crippen LogP contribution is -2.42. The minimum atomic E-state index is -1.27. The maximum absolute atomic E-state index is 12.1. The van der Waals surface area contributed by atoms with Gasteiger partial charge >= 0.3 is 5.97 Å². The predicted octanol–water partition coefficient (Wildman–Crippen LogP) is 1.21. The lowest BCUT2D eigenvalue weighted by Gasteiger charge is -2.22. The molecule has 6 heteroatoms. The number of benzene rings is 1. The molecule has 1 aromatic carbocycles. The van der Waals surface area contributed by atoms with Gasteiger partial charge in [-0.3, -0.25) is 9.69 Å². The molecule has 1 amide bonds. The highest BCUT2D eigenvalue weighted by atomic mass is 35.5. The molecule has 0 saturated heterocycles. The highest BCUT2D eigenvalue weighted by Crippen LogP contribution is 2.14. The SMILES string of the molecule is C#CN(C(=O)c1ccc(Cl)cc1)C(CCO)C(=O)O. The second-order valence-electron chi connectivity index (χ2n) is 3.68. The van der Waals surface area contributed by atoms with Crippen LogP contribution in [0, 0.1) is 12.5 Å². The second kappa shape index (κ2) is 6.78. The fraction of sp³-hybridized carbons (Fsp3) is 0.231. The summed E-state index contributed by atoms with van der Waals surface area (Å²) in [5.41, 5.74) is 0.228. The van der Waals surface area contributed by atoms with Crippen molar-refractivity contribution < 1.29 is 19.8 Å². The Hall–Kier alpha value is -2.03. The molecule has 0 radical (unpaired) electrons. The molecule has 0 spiro atoms. The summed E-state index contributed by atoms with van der Waals surface area (Å²) in [5, 5.41) is 18.3. The number of carboxylic acid groups (broad SMARTS) is 1. The number of carbonyl (C=O) groups is 2. The Bertz CT molecular complexity index is 506. The summed E-state index contributed by atoms with van der Waals surface area (Å²) < 4.78 is 0. The van der Waals surface area contributed by atoms with E-state index >= 15 is 0 Å². The molecule has 0 aliphatic rings. The Morgan fingerprint density at radius 2 is 1.95 bits per heavy atom. The summed E-state index contributed by atoms with van der Waals surface area (Å²) in [6, 6.07) is 6.69. The zero-order valence-corrected chi connectivity index (χ0v) is 10.7. The molecule has 0 aliphatic heterocycles. The monoisotopic (exact) mass is 281 g/mol. The fourth-order valence-electron chi connectivity index (χ4n) is 1.51. The maximum atomic E-state index is 12.1. The largest absolute Gasteiger partial charge is 0.480 e. The minimum absolute atomic E-state index is 0.140. The van der Waals surface area contributed by atoms with Crippen molar-refractivity contribution in [2.45, 2.75) is 12.5 Å². The Morgan fingerprint density at radius 3 is 2.37 bits per heavy atom. The number of terminal acetylenes is 1. The molecule has 1 aromatic rings. The number of aliphatic hydroxyl groups excluding tert-OH is 1. The van der Waals surface area contributed by atoms with Gasteiger partial charge in [0, 0.05) is 29.7 Å². The van der Waals surface area contributed by atoms with Gasteiger partial charge in [-0.2, -0.15) is 0 Å². The maximum Gasteiger partial charge on any atom is 0.327 e. The highest BCUT2D eigenvalue weighted by Gasteiger charge is 2.28. The number of halogens is 1. The Balaban J connectivity index is 3.02. The molecule has 0 heterocycles. The first-order valence-electron chi connectivity index (χ1n) is 5.40. The third-order valence-electron chi connectivity index (χ3n) is 2.45. The molecule has 5 nitrogen and oxygen atoms in total. The van der Waals surface area contributed by atoms with E-state index in [9.17, 15) is 9.59 Å². The number of hydrogen-bond donors (Lipinski definition) is 2. The number of carboxylic acids is 1. The van der Waals surface area contributed by atoms with Crippen LogP contribution in [-0.2, 0) is 4.79 Å². The molecule has 2 N–H and O–H groups in total. The van der Waals surface area contributed by atoms with Gasteiger partial charge in [0.1, 0.15) is 6.04 Å². The first-order chi connectivity index (χ1) is 9.01. The van der Waals surface area contributed by atoms with Crippen LogP contribution in [0.4, 0.5) is 0 Å². The van der Waals surface area contributed by atoms with Gasteiger partial charge < -0.3 is 10.2 Å². The van der Waals surface area contributed by atoms with E-state index in [1.807, 2.05) is 6.04 Å².